The summed E-state index contributed by atoms with van der Waals surface area (Å²) in [5.74, 6) is 5.54. The van der Waals surface area contributed by atoms with Gasteiger partial charge >= 0.3 is 0 Å². The number of nitrogens with one attached hydrogen (secondary N) is 1. The number of benzene rings is 1. The first-order chi connectivity index (χ1) is 9.31. The lowest BCUT2D eigenvalue weighted by Crippen LogP contribution is -2.23. The van der Waals surface area contributed by atoms with Crippen molar-refractivity contribution in [3.63, 3.8) is 0 Å². The lowest BCUT2D eigenvalue weighted by molar-refractivity contribution is 0.0946. The predicted octanol–water partition coefficient (Wildman–Crippen LogP) is 0.778. The number of nitrogens with two attached hydrogens (primary N) is 1. The van der Waals surface area contributed by atoms with Crippen LogP contribution in [0.3, 0.4) is 0 Å². The quantitative estimate of drug-likeness (QED) is 0.809. The fourth-order valence-corrected chi connectivity index (χ4v) is 1.91. The monoisotopic (exact) mass is 272 g/mol. The fraction of sp³-hybridized carbons (Fsp3) is 0.154. The van der Waals surface area contributed by atoms with Crippen molar-refractivity contribution >= 4 is 17.4 Å². The van der Waals surface area contributed by atoms with Gasteiger partial charge in [0.05, 0.1) is 6.54 Å². The Morgan fingerprint density at radius 3 is 3.00 bits per heavy atom. The van der Waals surface area contributed by atoms with Gasteiger partial charge in [-0.15, -0.1) is 5.10 Å². The minimum atomic E-state index is -0.240. The molecule has 6 heteroatoms. The van der Waals surface area contributed by atoms with E-state index in [1.54, 1.807) is 5.38 Å². The van der Waals surface area contributed by atoms with E-state index >= 15 is 0 Å². The summed E-state index contributed by atoms with van der Waals surface area (Å²) < 4.78 is 3.65. The second kappa shape index (κ2) is 6.64. The van der Waals surface area contributed by atoms with Crippen molar-refractivity contribution in [2.45, 2.75) is 6.54 Å². The first kappa shape index (κ1) is 13.2. The molecule has 0 aliphatic heterocycles. The Balaban J connectivity index is 2.05. The van der Waals surface area contributed by atoms with Crippen LogP contribution in [0.1, 0.15) is 21.6 Å². The molecule has 0 unspecified atom stereocenters. The summed E-state index contributed by atoms with van der Waals surface area (Å²) in [6.45, 7) is 0.705. The first-order valence-electron chi connectivity index (χ1n) is 5.63. The molecule has 1 aromatic carbocycles. The van der Waals surface area contributed by atoms with Gasteiger partial charge in [-0.2, -0.15) is 0 Å². The molecule has 0 spiro atoms. The van der Waals surface area contributed by atoms with Crippen molar-refractivity contribution in [2.24, 2.45) is 5.73 Å². The third-order valence-corrected chi connectivity index (χ3v) is 2.88. The maximum Gasteiger partial charge on any atom is 0.273 e. The predicted molar refractivity (Wildman–Crippen MR) is 73.5 cm³/mol. The zero-order chi connectivity index (χ0) is 13.5. The highest BCUT2D eigenvalue weighted by molar-refractivity contribution is 7.03. The molecule has 3 N–H and O–H groups in total. The molecule has 0 bridgehead atoms. The van der Waals surface area contributed by atoms with Crippen LogP contribution in [0, 0.1) is 11.8 Å². The first-order valence-corrected chi connectivity index (χ1v) is 6.47. The number of hydrogen-bond donors (Lipinski definition) is 2. The molecule has 1 amide bonds. The zero-order valence-corrected chi connectivity index (χ0v) is 10.9. The molecule has 0 aliphatic carbocycles. The van der Waals surface area contributed by atoms with Gasteiger partial charge in [-0.05, 0) is 23.2 Å². The smallest absolute Gasteiger partial charge is 0.273 e. The van der Waals surface area contributed by atoms with E-state index in [4.69, 9.17) is 5.73 Å². The van der Waals surface area contributed by atoms with Crippen LogP contribution in [0.15, 0.2) is 29.6 Å². The van der Waals surface area contributed by atoms with Gasteiger partial charge in [-0.25, -0.2) is 0 Å². The van der Waals surface area contributed by atoms with Crippen LogP contribution in [0.2, 0.25) is 0 Å². The van der Waals surface area contributed by atoms with E-state index in [1.807, 2.05) is 24.3 Å². The number of amides is 1. The van der Waals surface area contributed by atoms with Gasteiger partial charge in [0.25, 0.3) is 5.91 Å². The summed E-state index contributed by atoms with van der Waals surface area (Å²) >= 11 is 1.15. The van der Waals surface area contributed by atoms with Gasteiger partial charge in [-0.1, -0.05) is 34.5 Å². The molecule has 2 rings (SSSR count). The lowest BCUT2D eigenvalue weighted by atomic mass is 10.1. The Hall–Kier alpha value is -2.23. The third kappa shape index (κ3) is 3.61. The fourth-order valence-electron chi connectivity index (χ4n) is 1.47. The summed E-state index contributed by atoms with van der Waals surface area (Å²) in [4.78, 5) is 11.7. The molecule has 0 radical (unpaired) electrons. The van der Waals surface area contributed by atoms with E-state index in [-0.39, 0.29) is 5.91 Å². The van der Waals surface area contributed by atoms with Crippen LogP contribution >= 0.6 is 11.5 Å². The molecular formula is C13H12N4OS. The standard InChI is InChI=1S/C13H12N4OS/c14-7-3-6-10-4-1-2-5-11(10)8-15-13(18)12-9-19-17-16-12/h1-2,4-5,9H,7-8,14H2,(H,15,18). The molecule has 0 saturated heterocycles. The number of carbonyl (C=O) groups excluding carboxylic acids is 1. The van der Waals surface area contributed by atoms with Crippen molar-refractivity contribution < 1.29 is 4.79 Å². The summed E-state index contributed by atoms with van der Waals surface area (Å²) in [7, 11) is 0. The highest BCUT2D eigenvalue weighted by Gasteiger charge is 2.08. The van der Waals surface area contributed by atoms with Crippen molar-refractivity contribution in [3.05, 3.63) is 46.5 Å². The Labute approximate surface area is 115 Å². The average Bonchev–Trinajstić information content (AvgIpc) is 2.97. The molecule has 96 valence electrons. The van der Waals surface area contributed by atoms with E-state index in [1.165, 1.54) is 0 Å². The molecule has 0 fully saturated rings. The lowest BCUT2D eigenvalue weighted by Gasteiger charge is -2.05. The van der Waals surface area contributed by atoms with Crippen molar-refractivity contribution in [2.75, 3.05) is 6.54 Å². The summed E-state index contributed by atoms with van der Waals surface area (Å²) in [6, 6.07) is 7.62. The SMILES string of the molecule is NCC#Cc1ccccc1CNC(=O)c1csnn1. The van der Waals surface area contributed by atoms with E-state index in [9.17, 15) is 4.79 Å². The highest BCUT2D eigenvalue weighted by Crippen LogP contribution is 2.07. The van der Waals surface area contributed by atoms with Crippen molar-refractivity contribution in [1.82, 2.24) is 14.9 Å². The van der Waals surface area contributed by atoms with Crippen LogP contribution < -0.4 is 11.1 Å². The van der Waals surface area contributed by atoms with Gasteiger partial charge in [0.2, 0.25) is 0 Å². The summed E-state index contributed by atoms with van der Waals surface area (Å²) in [6.07, 6.45) is 0. The van der Waals surface area contributed by atoms with Crippen LogP contribution in [-0.2, 0) is 6.54 Å². The van der Waals surface area contributed by atoms with Crippen LogP contribution in [0.4, 0.5) is 0 Å². The Morgan fingerprint density at radius 2 is 2.26 bits per heavy atom. The average molecular weight is 272 g/mol. The van der Waals surface area contributed by atoms with E-state index in [0.29, 0.717) is 18.8 Å². The molecule has 0 aliphatic rings. The molecule has 2 aromatic rings. The zero-order valence-electron chi connectivity index (χ0n) is 10.1. The molecule has 1 heterocycles. The highest BCUT2D eigenvalue weighted by atomic mass is 32.1. The van der Waals surface area contributed by atoms with Crippen LogP contribution in [0.25, 0.3) is 0 Å². The largest absolute Gasteiger partial charge is 0.346 e. The minimum Gasteiger partial charge on any atom is -0.346 e. The second-order valence-electron chi connectivity index (χ2n) is 3.64. The molecule has 1 aromatic heterocycles. The maximum atomic E-state index is 11.7. The Bertz CT molecular complexity index is 613. The van der Waals surface area contributed by atoms with Gasteiger partial charge in [0.15, 0.2) is 5.69 Å². The maximum absolute atomic E-state index is 11.7. The van der Waals surface area contributed by atoms with Gasteiger partial charge in [0.1, 0.15) is 0 Å². The van der Waals surface area contributed by atoms with Crippen LogP contribution in [-0.4, -0.2) is 22.0 Å². The van der Waals surface area contributed by atoms with E-state index in [2.05, 4.69) is 26.7 Å². The molecular weight excluding hydrogens is 260 g/mol. The van der Waals surface area contributed by atoms with E-state index in [0.717, 1.165) is 22.7 Å². The van der Waals surface area contributed by atoms with Crippen molar-refractivity contribution in [1.29, 1.82) is 0 Å². The van der Waals surface area contributed by atoms with Crippen molar-refractivity contribution in [3.8, 4) is 11.8 Å². The molecule has 0 saturated carbocycles. The minimum absolute atomic E-state index is 0.240. The Kier molecular flexibility index (Phi) is 4.61. The second-order valence-corrected chi connectivity index (χ2v) is 4.25. The molecule has 19 heavy (non-hydrogen) atoms. The van der Waals surface area contributed by atoms with E-state index < -0.39 is 0 Å². The van der Waals surface area contributed by atoms with Gasteiger partial charge < -0.3 is 11.1 Å². The Morgan fingerprint density at radius 1 is 1.42 bits per heavy atom. The molecule has 0 atom stereocenters. The number of rotatable bonds is 3. The summed E-state index contributed by atoms with van der Waals surface area (Å²) in [5, 5.41) is 8.10. The van der Waals surface area contributed by atoms with Crippen LogP contribution in [0.5, 0.6) is 0 Å². The number of carbonyl (C=O) groups is 1. The number of nitrogens with zero attached hydrogens (tertiary/aromatic N) is 2. The number of hydrogen-bond acceptors (Lipinski definition) is 5. The van der Waals surface area contributed by atoms with Gasteiger partial charge in [-0.3, -0.25) is 4.79 Å². The third-order valence-electron chi connectivity index (χ3n) is 2.37. The summed E-state index contributed by atoms with van der Waals surface area (Å²) in [5.41, 5.74) is 7.49. The normalized spacial score (nSPS) is 9.53. The molecule has 5 nitrogen and oxygen atoms in total. The number of aromatic nitrogens is 2. The van der Waals surface area contributed by atoms with Gasteiger partial charge in [0, 0.05) is 17.5 Å². The topological polar surface area (TPSA) is 80.9 Å².